The molecule has 2 amide bonds. The normalized spacial score (nSPS) is 12.7. The van der Waals surface area contributed by atoms with Gasteiger partial charge in [0, 0.05) is 43.3 Å². The zero-order valence-corrected chi connectivity index (χ0v) is 17.6. The van der Waals surface area contributed by atoms with Crippen molar-refractivity contribution in [3.05, 3.63) is 54.4 Å². The summed E-state index contributed by atoms with van der Waals surface area (Å²) in [6.45, 7) is 1.76. The Balaban J connectivity index is 1.85. The van der Waals surface area contributed by atoms with Gasteiger partial charge in [-0.3, -0.25) is 19.2 Å². The molecule has 8 heteroatoms. The van der Waals surface area contributed by atoms with Crippen molar-refractivity contribution in [1.82, 2.24) is 9.88 Å². The third-order valence-corrected chi connectivity index (χ3v) is 5.17. The van der Waals surface area contributed by atoms with Crippen LogP contribution in [0.1, 0.15) is 44.6 Å². The number of aryl methyl sites for hydroxylation is 1. The smallest absolute Gasteiger partial charge is 0.303 e. The van der Waals surface area contributed by atoms with Gasteiger partial charge in [0.2, 0.25) is 11.8 Å². The largest absolute Gasteiger partial charge is 0.481 e. The van der Waals surface area contributed by atoms with E-state index in [0.29, 0.717) is 12.8 Å². The number of carbonyl (C=O) groups is 4. The second-order valence-corrected chi connectivity index (χ2v) is 7.49. The van der Waals surface area contributed by atoms with Crippen LogP contribution in [0.2, 0.25) is 0 Å². The number of carboxylic acids is 1. The van der Waals surface area contributed by atoms with E-state index in [-0.39, 0.29) is 37.4 Å². The first-order valence-electron chi connectivity index (χ1n) is 10.4. The first-order valence-corrected chi connectivity index (χ1v) is 10.4. The van der Waals surface area contributed by atoms with Crippen molar-refractivity contribution in [2.75, 3.05) is 0 Å². The molecule has 2 aromatic rings. The monoisotopic (exact) mass is 427 g/mol. The van der Waals surface area contributed by atoms with Crippen LogP contribution in [0, 0.1) is 5.92 Å². The van der Waals surface area contributed by atoms with Crippen LogP contribution in [0.3, 0.4) is 0 Å². The minimum absolute atomic E-state index is 0.000205. The molecule has 1 aromatic carbocycles. The molecular weight excluding hydrogens is 398 g/mol. The van der Waals surface area contributed by atoms with E-state index >= 15 is 0 Å². The van der Waals surface area contributed by atoms with Crippen LogP contribution < -0.4 is 11.1 Å². The molecule has 0 aliphatic heterocycles. The topological polar surface area (TPSA) is 131 Å². The van der Waals surface area contributed by atoms with Crippen molar-refractivity contribution < 1.29 is 24.3 Å². The van der Waals surface area contributed by atoms with Crippen molar-refractivity contribution >= 4 is 23.6 Å². The molecule has 31 heavy (non-hydrogen) atoms. The molecule has 0 aliphatic carbocycles. The number of Topliss-reactive ketones (excluding diaryl/α,β-unsaturated/α-hetero) is 1. The van der Waals surface area contributed by atoms with Gasteiger partial charge in [0.15, 0.2) is 5.78 Å². The number of hydrogen-bond acceptors (Lipinski definition) is 4. The summed E-state index contributed by atoms with van der Waals surface area (Å²) in [5, 5.41) is 11.5. The quantitative estimate of drug-likeness (QED) is 0.451. The molecule has 4 N–H and O–H groups in total. The number of ketones is 1. The van der Waals surface area contributed by atoms with Crippen molar-refractivity contribution in [2.45, 2.75) is 51.5 Å². The zero-order valence-electron chi connectivity index (χ0n) is 17.6. The minimum atomic E-state index is -1.06. The van der Waals surface area contributed by atoms with Gasteiger partial charge < -0.3 is 20.7 Å². The van der Waals surface area contributed by atoms with Crippen molar-refractivity contribution in [3.63, 3.8) is 0 Å². The van der Waals surface area contributed by atoms with Crippen LogP contribution in [-0.4, -0.2) is 39.3 Å². The number of hydrogen-bond donors (Lipinski definition) is 3. The van der Waals surface area contributed by atoms with Crippen LogP contribution >= 0.6 is 0 Å². The highest BCUT2D eigenvalue weighted by Gasteiger charge is 2.25. The first-order chi connectivity index (χ1) is 14.8. The number of aliphatic carboxylic acids is 1. The predicted molar refractivity (Wildman–Crippen MR) is 115 cm³/mol. The molecule has 0 spiro atoms. The standard InChI is InChI=1S/C23H29N3O5/c1-2-19(20(27)15-17(23(24)31)8-12-22(29)30)25-21(28)11-7-16-5-9-18(10-6-16)26-13-3-4-14-26/h3-6,9-10,13-14,17,19H,2,7-8,11-12,15H2,1H3,(H2,24,31)(H,25,28)(H,29,30)/t17-,19+/m1/s1. The number of nitrogens with one attached hydrogen (secondary N) is 1. The number of aromatic nitrogens is 1. The molecule has 0 unspecified atom stereocenters. The van der Waals surface area contributed by atoms with E-state index < -0.39 is 23.8 Å². The number of amides is 2. The Morgan fingerprint density at radius 2 is 1.71 bits per heavy atom. The lowest BCUT2D eigenvalue weighted by Crippen LogP contribution is -2.42. The van der Waals surface area contributed by atoms with E-state index in [0.717, 1.165) is 11.3 Å². The van der Waals surface area contributed by atoms with Crippen LogP contribution in [0.25, 0.3) is 5.69 Å². The first kappa shape index (κ1) is 23.9. The number of nitrogens with two attached hydrogens (primary N) is 1. The number of carbonyl (C=O) groups excluding carboxylic acids is 3. The summed E-state index contributed by atoms with van der Waals surface area (Å²) in [5.74, 6) is -3.19. The van der Waals surface area contributed by atoms with Gasteiger partial charge in [0.25, 0.3) is 0 Å². The number of rotatable bonds is 13. The number of benzene rings is 1. The van der Waals surface area contributed by atoms with Crippen molar-refractivity contribution in [1.29, 1.82) is 0 Å². The summed E-state index contributed by atoms with van der Waals surface area (Å²) in [6, 6.07) is 11.0. The average Bonchev–Trinajstić information content (AvgIpc) is 3.28. The average molecular weight is 428 g/mol. The highest BCUT2D eigenvalue weighted by atomic mass is 16.4. The zero-order chi connectivity index (χ0) is 22.8. The van der Waals surface area contributed by atoms with Crippen LogP contribution in [0.5, 0.6) is 0 Å². The lowest BCUT2D eigenvalue weighted by molar-refractivity contribution is -0.138. The van der Waals surface area contributed by atoms with E-state index in [2.05, 4.69) is 5.32 Å². The maximum Gasteiger partial charge on any atom is 0.303 e. The third kappa shape index (κ3) is 7.73. The Morgan fingerprint density at radius 3 is 2.26 bits per heavy atom. The predicted octanol–water partition coefficient (Wildman–Crippen LogP) is 2.23. The molecule has 8 nitrogen and oxygen atoms in total. The summed E-state index contributed by atoms with van der Waals surface area (Å²) in [7, 11) is 0. The van der Waals surface area contributed by atoms with E-state index in [9.17, 15) is 19.2 Å². The van der Waals surface area contributed by atoms with E-state index in [1.54, 1.807) is 6.92 Å². The van der Waals surface area contributed by atoms with Crippen LogP contribution in [0.15, 0.2) is 48.8 Å². The summed E-state index contributed by atoms with van der Waals surface area (Å²) in [4.78, 5) is 47.1. The molecule has 1 heterocycles. The van der Waals surface area contributed by atoms with Gasteiger partial charge >= 0.3 is 5.97 Å². The Kier molecular flexibility index (Phi) is 8.99. The molecule has 0 fully saturated rings. The van der Waals surface area contributed by atoms with Crippen molar-refractivity contribution in [2.24, 2.45) is 11.7 Å². The molecule has 0 saturated carbocycles. The fourth-order valence-corrected chi connectivity index (χ4v) is 3.30. The number of nitrogens with zero attached hydrogens (tertiary/aromatic N) is 1. The molecule has 0 saturated heterocycles. The summed E-state index contributed by atoms with van der Waals surface area (Å²) < 4.78 is 1.99. The van der Waals surface area contributed by atoms with E-state index in [1.165, 1.54) is 0 Å². The number of carboxylic acid groups (broad SMARTS) is 1. The SMILES string of the molecule is CC[C@H](NC(=O)CCc1ccc(-n2cccc2)cc1)C(=O)C[C@@H](CCC(=O)O)C(N)=O. The van der Waals surface area contributed by atoms with Crippen molar-refractivity contribution in [3.8, 4) is 5.69 Å². The lowest BCUT2D eigenvalue weighted by atomic mass is 9.92. The van der Waals surface area contributed by atoms with Gasteiger partial charge in [-0.1, -0.05) is 19.1 Å². The molecule has 1 aromatic heterocycles. The molecule has 0 aliphatic rings. The Bertz CT molecular complexity index is 890. The van der Waals surface area contributed by atoms with E-state index in [1.807, 2.05) is 53.4 Å². The molecular formula is C23H29N3O5. The summed E-state index contributed by atoms with van der Waals surface area (Å²) >= 11 is 0. The maximum absolute atomic E-state index is 12.5. The Hall–Kier alpha value is -3.42. The van der Waals surface area contributed by atoms with Gasteiger partial charge in [-0.25, -0.2) is 0 Å². The second kappa shape index (κ2) is 11.7. The highest BCUT2D eigenvalue weighted by Crippen LogP contribution is 2.15. The highest BCUT2D eigenvalue weighted by molar-refractivity contribution is 5.92. The fourth-order valence-electron chi connectivity index (χ4n) is 3.30. The van der Waals surface area contributed by atoms with Crippen LogP contribution in [0.4, 0.5) is 0 Å². The number of primary amides is 1. The van der Waals surface area contributed by atoms with Crippen LogP contribution in [-0.2, 0) is 25.6 Å². The Labute approximate surface area is 181 Å². The summed E-state index contributed by atoms with van der Waals surface area (Å²) in [5.41, 5.74) is 7.33. The van der Waals surface area contributed by atoms with Gasteiger partial charge in [-0.15, -0.1) is 0 Å². The second-order valence-electron chi connectivity index (χ2n) is 7.49. The Morgan fingerprint density at radius 1 is 1.06 bits per heavy atom. The fraction of sp³-hybridized carbons (Fsp3) is 0.391. The lowest BCUT2D eigenvalue weighted by Gasteiger charge is -2.19. The maximum atomic E-state index is 12.5. The molecule has 2 rings (SSSR count). The van der Waals surface area contributed by atoms with Gasteiger partial charge in [0.1, 0.15) is 0 Å². The summed E-state index contributed by atoms with van der Waals surface area (Å²) in [6.07, 6.45) is 4.62. The van der Waals surface area contributed by atoms with Gasteiger partial charge in [0.05, 0.1) is 6.04 Å². The van der Waals surface area contributed by atoms with Gasteiger partial charge in [-0.05, 0) is 49.1 Å². The molecule has 166 valence electrons. The third-order valence-electron chi connectivity index (χ3n) is 5.17. The molecule has 0 radical (unpaired) electrons. The van der Waals surface area contributed by atoms with Gasteiger partial charge in [-0.2, -0.15) is 0 Å². The molecule has 0 bridgehead atoms. The minimum Gasteiger partial charge on any atom is -0.481 e. The van der Waals surface area contributed by atoms with E-state index in [4.69, 9.17) is 10.8 Å². The molecule has 2 atom stereocenters.